The van der Waals surface area contributed by atoms with Crippen molar-refractivity contribution < 1.29 is 5.11 Å². The van der Waals surface area contributed by atoms with Crippen LogP contribution in [-0.4, -0.2) is 24.2 Å². The predicted molar refractivity (Wildman–Crippen MR) is 40.2 cm³/mol. The molecule has 0 fully saturated rings. The molecule has 0 atom stereocenters. The van der Waals surface area contributed by atoms with Gasteiger partial charge >= 0.3 is 0 Å². The zero-order chi connectivity index (χ0) is 7.56. The van der Waals surface area contributed by atoms with Crippen LogP contribution >= 0.6 is 0 Å². The first-order chi connectivity index (χ1) is 4.70. The Morgan fingerprint density at radius 3 is 2.50 bits per heavy atom. The van der Waals surface area contributed by atoms with Crippen molar-refractivity contribution in [3.63, 3.8) is 0 Å². The second kappa shape index (κ2) is 2.56. The van der Waals surface area contributed by atoms with Gasteiger partial charge in [-0.3, -0.25) is 4.98 Å². The number of aromatic hydroxyl groups is 1. The second-order valence-electron chi connectivity index (χ2n) is 2.30. The minimum Gasteiger partial charge on any atom is -0.506 e. The first kappa shape index (κ1) is 6.86. The highest BCUT2D eigenvalue weighted by molar-refractivity contribution is 5.45. The fourth-order valence-electron chi connectivity index (χ4n) is 0.661. The molecule has 0 bridgehead atoms. The van der Waals surface area contributed by atoms with E-state index in [2.05, 4.69) is 4.98 Å². The summed E-state index contributed by atoms with van der Waals surface area (Å²) >= 11 is 0. The molecule has 0 unspecified atom stereocenters. The van der Waals surface area contributed by atoms with Gasteiger partial charge in [0.15, 0.2) is 0 Å². The van der Waals surface area contributed by atoms with E-state index in [1.807, 2.05) is 19.0 Å². The summed E-state index contributed by atoms with van der Waals surface area (Å²) in [6.45, 7) is 0. The first-order valence-electron chi connectivity index (χ1n) is 3.01. The van der Waals surface area contributed by atoms with Gasteiger partial charge in [0.1, 0.15) is 5.75 Å². The van der Waals surface area contributed by atoms with Gasteiger partial charge in [0.2, 0.25) is 0 Å². The van der Waals surface area contributed by atoms with Gasteiger partial charge in [0.05, 0.1) is 18.1 Å². The van der Waals surface area contributed by atoms with Crippen LogP contribution in [-0.2, 0) is 0 Å². The van der Waals surface area contributed by atoms with Crippen molar-refractivity contribution in [1.82, 2.24) is 4.98 Å². The van der Waals surface area contributed by atoms with Gasteiger partial charge < -0.3 is 10.0 Å². The third-order valence-corrected chi connectivity index (χ3v) is 1.23. The molecule has 0 aliphatic rings. The molecule has 3 nitrogen and oxygen atoms in total. The summed E-state index contributed by atoms with van der Waals surface area (Å²) in [7, 11) is 3.80. The highest BCUT2D eigenvalue weighted by atomic mass is 16.3. The molecule has 0 aromatic carbocycles. The smallest absolute Gasteiger partial charge is 0.135 e. The molecule has 1 aromatic rings. The maximum Gasteiger partial charge on any atom is 0.135 e. The fraction of sp³-hybridized carbons (Fsp3) is 0.286. The van der Waals surface area contributed by atoms with E-state index in [1.165, 1.54) is 6.20 Å². The topological polar surface area (TPSA) is 36.4 Å². The van der Waals surface area contributed by atoms with E-state index < -0.39 is 0 Å². The molecule has 0 aliphatic heterocycles. The van der Waals surface area contributed by atoms with Gasteiger partial charge in [-0.15, -0.1) is 0 Å². The molecule has 1 heterocycles. The predicted octanol–water partition coefficient (Wildman–Crippen LogP) is 0.853. The van der Waals surface area contributed by atoms with E-state index in [0.29, 0.717) is 0 Å². The summed E-state index contributed by atoms with van der Waals surface area (Å²) < 4.78 is 0. The van der Waals surface area contributed by atoms with E-state index in [0.717, 1.165) is 5.69 Å². The molecular weight excluding hydrogens is 128 g/mol. The first-order valence-corrected chi connectivity index (χ1v) is 3.01. The molecule has 0 spiro atoms. The van der Waals surface area contributed by atoms with Crippen molar-refractivity contribution in [1.29, 1.82) is 0 Å². The average Bonchev–Trinajstić information content (AvgIpc) is 1.88. The van der Waals surface area contributed by atoms with Gasteiger partial charge in [-0.2, -0.15) is 0 Å². The van der Waals surface area contributed by atoms with E-state index in [1.54, 1.807) is 12.3 Å². The minimum absolute atomic E-state index is 0.200. The summed E-state index contributed by atoms with van der Waals surface area (Å²) in [5, 5.41) is 8.97. The van der Waals surface area contributed by atoms with Crippen molar-refractivity contribution in [2.45, 2.75) is 0 Å². The molecule has 0 aliphatic carbocycles. The zero-order valence-corrected chi connectivity index (χ0v) is 6.07. The van der Waals surface area contributed by atoms with Gasteiger partial charge in [-0.05, 0) is 0 Å². The third-order valence-electron chi connectivity index (χ3n) is 1.23. The molecule has 1 N–H and O–H groups in total. The number of anilines is 1. The number of nitrogens with zero attached hydrogens (tertiary/aromatic N) is 2. The van der Waals surface area contributed by atoms with Crippen LogP contribution in [0.5, 0.6) is 5.75 Å². The van der Waals surface area contributed by atoms with E-state index in [9.17, 15) is 0 Å². The molecule has 0 amide bonds. The van der Waals surface area contributed by atoms with Crippen LogP contribution in [0.3, 0.4) is 0 Å². The Labute approximate surface area is 59.9 Å². The van der Waals surface area contributed by atoms with E-state index in [-0.39, 0.29) is 5.75 Å². The fourth-order valence-corrected chi connectivity index (χ4v) is 0.661. The minimum atomic E-state index is 0.200. The molecule has 0 saturated heterocycles. The molecule has 0 saturated carbocycles. The van der Waals surface area contributed by atoms with Gasteiger partial charge in [-0.1, -0.05) is 0 Å². The average molecular weight is 138 g/mol. The Balaban J connectivity index is 2.96. The summed E-state index contributed by atoms with van der Waals surface area (Å²) in [6, 6.07) is 1.66. The summed E-state index contributed by atoms with van der Waals surface area (Å²) in [6.07, 6.45) is 3.10. The van der Waals surface area contributed by atoms with E-state index >= 15 is 0 Å². The number of hydrogen-bond acceptors (Lipinski definition) is 3. The Morgan fingerprint density at radius 2 is 2.10 bits per heavy atom. The number of pyridine rings is 1. The lowest BCUT2D eigenvalue weighted by molar-refractivity contribution is 0.473. The summed E-state index contributed by atoms with van der Waals surface area (Å²) in [5.74, 6) is 0.200. The van der Waals surface area contributed by atoms with Crippen molar-refractivity contribution in [2.24, 2.45) is 0 Å². The van der Waals surface area contributed by atoms with Crippen LogP contribution in [0.25, 0.3) is 0 Å². The normalized spacial score (nSPS) is 9.40. The van der Waals surface area contributed by atoms with Crippen LogP contribution in [0.4, 0.5) is 5.69 Å². The Morgan fingerprint density at radius 1 is 1.40 bits per heavy atom. The lowest BCUT2D eigenvalue weighted by Gasteiger charge is -2.10. The number of rotatable bonds is 1. The molecule has 0 radical (unpaired) electrons. The highest BCUT2D eigenvalue weighted by Gasteiger charge is 1.94. The number of aromatic nitrogens is 1. The van der Waals surface area contributed by atoms with E-state index in [4.69, 9.17) is 5.11 Å². The standard InChI is InChI=1S/C7H10N2O/c1-9(2)6-3-7(10)5-8-4-6/h3-5,10H,1-2H3. The van der Waals surface area contributed by atoms with Crippen LogP contribution in [0.1, 0.15) is 0 Å². The van der Waals surface area contributed by atoms with Crippen molar-refractivity contribution in [3.8, 4) is 5.75 Å². The molecule has 10 heavy (non-hydrogen) atoms. The third kappa shape index (κ3) is 1.37. The van der Waals surface area contributed by atoms with Crippen molar-refractivity contribution in [3.05, 3.63) is 18.5 Å². The Kier molecular flexibility index (Phi) is 1.76. The molecule has 1 rings (SSSR count). The maximum absolute atomic E-state index is 8.97. The SMILES string of the molecule is CN(C)c1cncc(O)c1. The van der Waals surface area contributed by atoms with Gasteiger partial charge in [0, 0.05) is 20.2 Å². The van der Waals surface area contributed by atoms with Crippen LogP contribution in [0.2, 0.25) is 0 Å². The quantitative estimate of drug-likeness (QED) is 0.625. The largest absolute Gasteiger partial charge is 0.506 e. The van der Waals surface area contributed by atoms with Crippen molar-refractivity contribution >= 4 is 5.69 Å². The van der Waals surface area contributed by atoms with Crippen LogP contribution in [0, 0.1) is 0 Å². The molecule has 1 aromatic heterocycles. The van der Waals surface area contributed by atoms with Gasteiger partial charge in [0.25, 0.3) is 0 Å². The maximum atomic E-state index is 8.97. The monoisotopic (exact) mass is 138 g/mol. The summed E-state index contributed by atoms with van der Waals surface area (Å²) in [5.41, 5.74) is 0.903. The molecule has 54 valence electrons. The Hall–Kier alpha value is -1.25. The highest BCUT2D eigenvalue weighted by Crippen LogP contribution is 2.14. The molecular formula is C7H10N2O. The second-order valence-corrected chi connectivity index (χ2v) is 2.30. The zero-order valence-electron chi connectivity index (χ0n) is 6.07. The lowest BCUT2D eigenvalue weighted by atomic mass is 10.4. The van der Waals surface area contributed by atoms with Gasteiger partial charge in [-0.25, -0.2) is 0 Å². The molecule has 3 heteroatoms. The lowest BCUT2D eigenvalue weighted by Crippen LogP contribution is -2.08. The number of hydrogen-bond donors (Lipinski definition) is 1. The van der Waals surface area contributed by atoms with Crippen LogP contribution < -0.4 is 4.90 Å². The summed E-state index contributed by atoms with van der Waals surface area (Å²) in [4.78, 5) is 5.70. The van der Waals surface area contributed by atoms with Crippen LogP contribution in [0.15, 0.2) is 18.5 Å². The van der Waals surface area contributed by atoms with Crippen molar-refractivity contribution in [2.75, 3.05) is 19.0 Å². The Bertz CT molecular complexity index is 223.